The van der Waals surface area contributed by atoms with Crippen molar-refractivity contribution in [2.75, 3.05) is 4.90 Å². The van der Waals surface area contributed by atoms with E-state index < -0.39 is 5.41 Å². The highest BCUT2D eigenvalue weighted by Crippen LogP contribution is 2.64. The van der Waals surface area contributed by atoms with Gasteiger partial charge in [-0.15, -0.1) is 0 Å². The van der Waals surface area contributed by atoms with Gasteiger partial charge in [0.2, 0.25) is 0 Å². The van der Waals surface area contributed by atoms with E-state index in [1.54, 1.807) is 0 Å². The fourth-order valence-electron chi connectivity index (χ4n) is 13.7. The molecule has 0 bridgehead atoms. The second kappa shape index (κ2) is 15.9. The van der Waals surface area contributed by atoms with E-state index in [0.717, 1.165) is 18.5 Å². The lowest BCUT2D eigenvalue weighted by Crippen LogP contribution is -2.34. The Morgan fingerprint density at radius 1 is 0.264 bits per heavy atom. The molecule has 4 aliphatic rings. The third-order valence-corrected chi connectivity index (χ3v) is 18.1. The summed E-state index contributed by atoms with van der Waals surface area (Å²) in [5.74, 6) is 0. The van der Waals surface area contributed by atoms with Crippen LogP contribution in [0.4, 0.5) is 17.1 Å². The topological polar surface area (TPSA) is 3.24 Å². The highest BCUT2D eigenvalue weighted by Gasteiger charge is 2.52. The van der Waals surface area contributed by atoms with Crippen molar-refractivity contribution in [3.63, 3.8) is 0 Å². The van der Waals surface area contributed by atoms with Crippen molar-refractivity contribution in [2.45, 2.75) is 108 Å². The average Bonchev–Trinajstić information content (AvgIpc) is 3.86. The summed E-state index contributed by atoms with van der Waals surface area (Å²) in [5, 5.41) is 0. The van der Waals surface area contributed by atoms with Gasteiger partial charge < -0.3 is 4.90 Å². The Morgan fingerprint density at radius 3 is 1.18 bits per heavy atom. The molecule has 1 nitrogen and oxygen atoms in total. The Balaban J connectivity index is 1.10. The van der Waals surface area contributed by atoms with Crippen LogP contribution < -0.4 is 4.90 Å². The van der Waals surface area contributed by atoms with Gasteiger partial charge in [0.25, 0.3) is 0 Å². The molecule has 72 heavy (non-hydrogen) atoms. The third-order valence-electron chi connectivity index (χ3n) is 18.1. The van der Waals surface area contributed by atoms with Crippen molar-refractivity contribution in [3.8, 4) is 55.6 Å². The van der Waals surface area contributed by atoms with Crippen LogP contribution in [0.5, 0.6) is 0 Å². The summed E-state index contributed by atoms with van der Waals surface area (Å²) in [5.41, 5.74) is 27.3. The fraction of sp³-hybridized carbons (Fsp3) is 0.239. The monoisotopic (exact) mass is 932 g/mol. The molecule has 0 aromatic heterocycles. The van der Waals surface area contributed by atoms with Gasteiger partial charge in [-0.05, 0) is 178 Å². The molecule has 354 valence electrons. The van der Waals surface area contributed by atoms with Crippen LogP contribution in [0, 0.1) is 0 Å². The standard InChI is InChI=1S/C71H65N/c1-67(2)38-40-69(5,6)64-42-50(32-36-61(64)67)56-44-57-55-22-14-17-25-60(55)71(58-23-15-12-20-53(58)54-21-13-16-24-59(54)71)63(57)45-66(56)72(52-35-37-62-65(43-52)70(7,8)41-39-68(62,3)4)51-33-30-49(31-34-51)48-28-26-47(27-29-48)46-18-10-9-11-19-46/h9-37,42-45H,38-41H2,1-8H3. The smallest absolute Gasteiger partial charge is 0.0726 e. The molecule has 1 heteroatoms. The Labute approximate surface area is 428 Å². The quantitative estimate of drug-likeness (QED) is 0.161. The molecule has 0 saturated carbocycles. The van der Waals surface area contributed by atoms with Crippen LogP contribution in [0.25, 0.3) is 55.6 Å². The number of benzene rings is 9. The molecule has 0 saturated heterocycles. The maximum atomic E-state index is 2.63. The van der Waals surface area contributed by atoms with Crippen molar-refractivity contribution in [1.82, 2.24) is 0 Å². The predicted molar refractivity (Wildman–Crippen MR) is 304 cm³/mol. The van der Waals surface area contributed by atoms with Crippen LogP contribution in [0.1, 0.15) is 126 Å². The van der Waals surface area contributed by atoms with Gasteiger partial charge in [0.1, 0.15) is 0 Å². The van der Waals surface area contributed by atoms with Gasteiger partial charge in [-0.3, -0.25) is 0 Å². The minimum Gasteiger partial charge on any atom is -0.310 e. The lowest BCUT2D eigenvalue weighted by atomic mass is 9.63. The molecule has 0 unspecified atom stereocenters. The van der Waals surface area contributed by atoms with Gasteiger partial charge in [-0.25, -0.2) is 0 Å². The minimum atomic E-state index is -0.489. The molecular weight excluding hydrogens is 867 g/mol. The maximum absolute atomic E-state index is 2.63. The van der Waals surface area contributed by atoms with E-state index in [9.17, 15) is 0 Å². The van der Waals surface area contributed by atoms with Crippen molar-refractivity contribution < 1.29 is 0 Å². The Morgan fingerprint density at radius 2 is 0.653 bits per heavy atom. The zero-order valence-corrected chi connectivity index (χ0v) is 43.3. The number of fused-ring (bicyclic) bond motifs is 12. The highest BCUT2D eigenvalue weighted by atomic mass is 15.1. The van der Waals surface area contributed by atoms with Crippen LogP contribution in [0.2, 0.25) is 0 Å². The first kappa shape index (κ1) is 44.7. The molecule has 0 heterocycles. The summed E-state index contributed by atoms with van der Waals surface area (Å²) in [4.78, 5) is 2.62. The molecule has 13 rings (SSSR count). The fourth-order valence-corrected chi connectivity index (χ4v) is 13.7. The first-order valence-electron chi connectivity index (χ1n) is 26.5. The van der Waals surface area contributed by atoms with Crippen LogP contribution in [0.15, 0.2) is 200 Å². The van der Waals surface area contributed by atoms with E-state index in [1.165, 1.54) is 124 Å². The van der Waals surface area contributed by atoms with Crippen molar-refractivity contribution in [1.29, 1.82) is 0 Å². The van der Waals surface area contributed by atoms with Gasteiger partial charge in [0, 0.05) is 16.9 Å². The van der Waals surface area contributed by atoms with Crippen LogP contribution in [-0.2, 0) is 27.1 Å². The van der Waals surface area contributed by atoms with Crippen LogP contribution in [-0.4, -0.2) is 0 Å². The number of anilines is 3. The summed E-state index contributed by atoms with van der Waals surface area (Å²) in [7, 11) is 0. The largest absolute Gasteiger partial charge is 0.310 e. The molecule has 1 spiro atoms. The van der Waals surface area contributed by atoms with E-state index in [-0.39, 0.29) is 21.7 Å². The van der Waals surface area contributed by atoms with Gasteiger partial charge in [0.15, 0.2) is 0 Å². The third kappa shape index (κ3) is 6.65. The van der Waals surface area contributed by atoms with E-state index in [4.69, 9.17) is 0 Å². The molecule has 0 radical (unpaired) electrons. The number of nitrogens with zero attached hydrogens (tertiary/aromatic N) is 1. The van der Waals surface area contributed by atoms with Gasteiger partial charge in [-0.1, -0.05) is 219 Å². The van der Waals surface area contributed by atoms with E-state index in [2.05, 4.69) is 260 Å². The van der Waals surface area contributed by atoms with Gasteiger partial charge >= 0.3 is 0 Å². The molecule has 0 N–H and O–H groups in total. The SMILES string of the molecule is CC1(C)CCC(C)(C)c2cc(-c3cc4c(cc3N(c3ccc(-c5ccc(-c6ccccc6)cc5)cc3)c3ccc5c(c3)C(C)(C)CCC5(C)C)C3(c5ccccc5-c5ccccc53)c3ccccc3-4)ccc21. The van der Waals surface area contributed by atoms with Gasteiger partial charge in [-0.2, -0.15) is 0 Å². The first-order valence-corrected chi connectivity index (χ1v) is 26.5. The number of hydrogen-bond acceptors (Lipinski definition) is 1. The lowest BCUT2D eigenvalue weighted by molar-refractivity contribution is 0.332. The Hall–Kier alpha value is -7.22. The predicted octanol–water partition coefficient (Wildman–Crippen LogP) is 19.2. The van der Waals surface area contributed by atoms with Crippen LogP contribution in [0.3, 0.4) is 0 Å². The van der Waals surface area contributed by atoms with Crippen molar-refractivity contribution in [2.24, 2.45) is 0 Å². The highest BCUT2D eigenvalue weighted by molar-refractivity contribution is 6.00. The summed E-state index contributed by atoms with van der Waals surface area (Å²) < 4.78 is 0. The van der Waals surface area contributed by atoms with E-state index in [1.807, 2.05) is 0 Å². The average molecular weight is 932 g/mol. The molecule has 4 aliphatic carbocycles. The summed E-state index contributed by atoms with van der Waals surface area (Å²) in [6.07, 6.45) is 4.68. The van der Waals surface area contributed by atoms with Crippen molar-refractivity contribution >= 4 is 17.1 Å². The molecule has 0 fully saturated rings. The molecule has 0 amide bonds. The summed E-state index contributed by atoms with van der Waals surface area (Å²) in [6, 6.07) is 77.0. The second-order valence-electron chi connectivity index (χ2n) is 24.2. The summed E-state index contributed by atoms with van der Waals surface area (Å²) in [6.45, 7) is 19.6. The molecule has 0 aliphatic heterocycles. The maximum Gasteiger partial charge on any atom is 0.0726 e. The summed E-state index contributed by atoms with van der Waals surface area (Å²) >= 11 is 0. The molecule has 0 atom stereocenters. The zero-order chi connectivity index (χ0) is 49.4. The van der Waals surface area contributed by atoms with Crippen LogP contribution >= 0.6 is 0 Å². The molecule has 9 aromatic carbocycles. The minimum absolute atomic E-state index is 0.0307. The lowest BCUT2D eigenvalue weighted by Gasteiger charge is -2.43. The Kier molecular flexibility index (Phi) is 9.86. The number of rotatable bonds is 6. The second-order valence-corrected chi connectivity index (χ2v) is 24.2. The van der Waals surface area contributed by atoms with E-state index >= 15 is 0 Å². The van der Waals surface area contributed by atoms with E-state index in [0.29, 0.717) is 0 Å². The first-order chi connectivity index (χ1) is 34.7. The number of hydrogen-bond donors (Lipinski definition) is 0. The molecule has 9 aromatic rings. The molecular formula is C71H65N. The van der Waals surface area contributed by atoms with Gasteiger partial charge in [0.05, 0.1) is 11.1 Å². The normalized spacial score (nSPS) is 17.5. The Bertz CT molecular complexity index is 3570. The zero-order valence-electron chi connectivity index (χ0n) is 43.3. The van der Waals surface area contributed by atoms with Crippen molar-refractivity contribution in [3.05, 3.63) is 245 Å².